The molecule has 6 nitrogen and oxygen atoms in total. The molecule has 8 saturated carbocycles. The minimum absolute atomic E-state index is 0.00102. The molecule has 0 unspecified atom stereocenters. The lowest BCUT2D eigenvalue weighted by Crippen LogP contribution is -2.66. The van der Waals surface area contributed by atoms with E-state index in [4.69, 9.17) is 9.47 Å². The van der Waals surface area contributed by atoms with Gasteiger partial charge in [-0.2, -0.15) is 0 Å². The van der Waals surface area contributed by atoms with E-state index in [9.17, 15) is 19.2 Å². The van der Waals surface area contributed by atoms with Crippen LogP contribution in [-0.4, -0.2) is 37.7 Å². The minimum atomic E-state index is -0.952. The van der Waals surface area contributed by atoms with Crippen molar-refractivity contribution in [2.24, 2.45) is 70.0 Å². The Morgan fingerprint density at radius 2 is 1.14 bits per heavy atom. The van der Waals surface area contributed by atoms with Gasteiger partial charge in [0.25, 0.3) is 0 Å². The number of carbonyl (C=O) groups is 4. The van der Waals surface area contributed by atoms with Gasteiger partial charge in [-0.3, -0.25) is 19.2 Å². The maximum atomic E-state index is 13.6. The molecular formula is C22H24O6. The molecule has 0 aliphatic heterocycles. The van der Waals surface area contributed by atoms with Crippen LogP contribution in [0.4, 0.5) is 0 Å². The molecule has 0 amide bonds. The van der Waals surface area contributed by atoms with E-state index >= 15 is 0 Å². The average molecular weight is 384 g/mol. The van der Waals surface area contributed by atoms with Gasteiger partial charge in [0.05, 0.1) is 25.0 Å². The molecule has 28 heavy (non-hydrogen) atoms. The maximum absolute atomic E-state index is 13.6. The molecule has 8 fully saturated rings. The third kappa shape index (κ3) is 1.10. The monoisotopic (exact) mass is 384 g/mol. The van der Waals surface area contributed by atoms with Crippen LogP contribution in [0.1, 0.15) is 25.7 Å². The summed E-state index contributed by atoms with van der Waals surface area (Å²) in [7, 11) is 2.80. The number of hydrogen-bond acceptors (Lipinski definition) is 6. The van der Waals surface area contributed by atoms with Gasteiger partial charge in [-0.15, -0.1) is 0 Å². The van der Waals surface area contributed by atoms with Crippen LogP contribution >= 0.6 is 0 Å². The molecule has 0 N–H and O–H groups in total. The van der Waals surface area contributed by atoms with Crippen LogP contribution in [0.2, 0.25) is 0 Å². The minimum Gasteiger partial charge on any atom is -0.469 e. The van der Waals surface area contributed by atoms with Crippen LogP contribution in [0.3, 0.4) is 0 Å². The SMILES string of the molecule is COC(=O)[C@]12[C@@H]3[C@@H]4C(=O)CC[C@H]4[C@@H]4[C@@H]3[C@H]3[C@@H]1[C@@H]1CCC(=O)[C@@H]1[C@@H]3[C@@]42C(=O)OC. The fourth-order valence-corrected chi connectivity index (χ4v) is 11.2. The third-order valence-corrected chi connectivity index (χ3v) is 10.7. The van der Waals surface area contributed by atoms with Crippen LogP contribution in [0.15, 0.2) is 0 Å². The zero-order chi connectivity index (χ0) is 19.3. The highest BCUT2D eigenvalue weighted by Crippen LogP contribution is 2.97. The van der Waals surface area contributed by atoms with Crippen molar-refractivity contribution in [1.82, 2.24) is 0 Å². The van der Waals surface area contributed by atoms with Crippen molar-refractivity contribution in [2.45, 2.75) is 25.7 Å². The standard InChI is InChI=1S/C22H24O6/c1-27-19(25)21-15-7-3-5-10(24)12(7)18-13(15)14-16(22(18,21)20(26)28-2)8-4-6-9(23)11(8)17(14)21/h7-8,11-18H,3-6H2,1-2H3/t7-,8-,11-,12+,13+,14+,15-,16+,17+,18-,21-,22-/m1/s1. The first kappa shape index (κ1) is 16.1. The number of hydrogen-bond donors (Lipinski definition) is 0. The molecule has 0 heterocycles. The van der Waals surface area contributed by atoms with Crippen LogP contribution in [-0.2, 0) is 28.7 Å². The first-order chi connectivity index (χ1) is 13.5. The molecule has 0 aromatic carbocycles. The molecule has 6 heteroatoms. The number of rotatable bonds is 2. The molecule has 0 radical (unpaired) electrons. The van der Waals surface area contributed by atoms with Crippen molar-refractivity contribution in [3.63, 3.8) is 0 Å². The molecule has 0 spiro atoms. The van der Waals surface area contributed by atoms with Gasteiger partial charge in [0, 0.05) is 24.7 Å². The number of fused-ring (bicyclic) bond motifs is 2. The Morgan fingerprint density at radius 1 is 0.750 bits per heavy atom. The van der Waals surface area contributed by atoms with Crippen LogP contribution in [0, 0.1) is 70.0 Å². The van der Waals surface area contributed by atoms with E-state index in [1.54, 1.807) is 0 Å². The summed E-state index contributed by atoms with van der Waals surface area (Å²) in [5.74, 6) is 0.253. The molecule has 0 saturated heterocycles. The van der Waals surface area contributed by atoms with Gasteiger partial charge in [0.1, 0.15) is 11.6 Å². The summed E-state index contributed by atoms with van der Waals surface area (Å²) in [6.45, 7) is 0. The van der Waals surface area contributed by atoms with E-state index < -0.39 is 10.8 Å². The summed E-state index contributed by atoms with van der Waals surface area (Å²) >= 11 is 0. The molecule has 8 bridgehead atoms. The topological polar surface area (TPSA) is 86.7 Å². The maximum Gasteiger partial charge on any atom is 0.313 e. The van der Waals surface area contributed by atoms with Gasteiger partial charge in [0.15, 0.2) is 0 Å². The second-order valence-corrected chi connectivity index (χ2v) is 10.4. The first-order valence-corrected chi connectivity index (χ1v) is 10.7. The van der Waals surface area contributed by atoms with E-state index in [1.165, 1.54) is 14.2 Å². The highest BCUT2D eigenvalue weighted by molar-refractivity contribution is 5.99. The Labute approximate surface area is 162 Å². The van der Waals surface area contributed by atoms with Crippen LogP contribution < -0.4 is 0 Å². The fraction of sp³-hybridized carbons (Fsp3) is 0.818. The molecule has 8 aliphatic rings. The summed E-state index contributed by atoms with van der Waals surface area (Å²) < 4.78 is 10.8. The number of ether oxygens (including phenoxy) is 2. The second kappa shape index (κ2) is 4.39. The predicted octanol–water partition coefficient (Wildman–Crippen LogP) is 1.26. The lowest BCUT2D eigenvalue weighted by atomic mass is 9.43. The van der Waals surface area contributed by atoms with E-state index in [1.807, 2.05) is 0 Å². The summed E-state index contributed by atoms with van der Waals surface area (Å²) in [5.41, 5.74) is -1.90. The number of methoxy groups -OCH3 is 2. The smallest absolute Gasteiger partial charge is 0.313 e. The number of esters is 2. The molecule has 0 aromatic heterocycles. The summed E-state index contributed by atoms with van der Waals surface area (Å²) in [6.07, 6.45) is 2.72. The van der Waals surface area contributed by atoms with E-state index in [2.05, 4.69) is 0 Å². The van der Waals surface area contributed by atoms with Crippen LogP contribution in [0.25, 0.3) is 0 Å². The van der Waals surface area contributed by atoms with E-state index in [0.29, 0.717) is 12.8 Å². The number of Topliss-reactive ketones (excluding diaryl/α,β-unsaturated/α-hetero) is 2. The van der Waals surface area contributed by atoms with Crippen molar-refractivity contribution < 1.29 is 28.7 Å². The van der Waals surface area contributed by atoms with Crippen molar-refractivity contribution >= 4 is 23.5 Å². The fourth-order valence-electron chi connectivity index (χ4n) is 11.2. The largest absolute Gasteiger partial charge is 0.469 e. The Balaban J connectivity index is 1.55. The number of carbonyl (C=O) groups excluding carboxylic acids is 4. The second-order valence-electron chi connectivity index (χ2n) is 10.4. The van der Waals surface area contributed by atoms with Gasteiger partial charge in [0.2, 0.25) is 0 Å². The number of ketones is 2. The van der Waals surface area contributed by atoms with Crippen molar-refractivity contribution in [3.05, 3.63) is 0 Å². The van der Waals surface area contributed by atoms with E-state index in [-0.39, 0.29) is 82.7 Å². The third-order valence-electron chi connectivity index (χ3n) is 10.7. The molecule has 8 rings (SSSR count). The summed E-state index contributed by atoms with van der Waals surface area (Å²) in [6, 6.07) is 0. The van der Waals surface area contributed by atoms with Gasteiger partial charge in [-0.1, -0.05) is 0 Å². The lowest BCUT2D eigenvalue weighted by Gasteiger charge is -2.57. The van der Waals surface area contributed by atoms with Crippen LogP contribution in [0.5, 0.6) is 0 Å². The van der Waals surface area contributed by atoms with Crippen molar-refractivity contribution in [3.8, 4) is 0 Å². The first-order valence-electron chi connectivity index (χ1n) is 10.7. The van der Waals surface area contributed by atoms with Gasteiger partial charge in [-0.25, -0.2) is 0 Å². The van der Waals surface area contributed by atoms with Crippen molar-refractivity contribution in [1.29, 1.82) is 0 Å². The quantitative estimate of drug-likeness (QED) is 0.666. The zero-order valence-electron chi connectivity index (χ0n) is 16.1. The van der Waals surface area contributed by atoms with Gasteiger partial charge >= 0.3 is 11.9 Å². The Morgan fingerprint density at radius 3 is 1.50 bits per heavy atom. The highest BCUT2D eigenvalue weighted by Gasteiger charge is 3.01. The lowest BCUT2D eigenvalue weighted by molar-refractivity contribution is -0.208. The van der Waals surface area contributed by atoms with Gasteiger partial charge < -0.3 is 9.47 Å². The van der Waals surface area contributed by atoms with E-state index in [0.717, 1.165) is 12.8 Å². The molecule has 12 atom stereocenters. The summed E-state index contributed by atoms with van der Waals surface area (Å²) in [5, 5.41) is 0. The average Bonchev–Trinajstić information content (AvgIpc) is 3.49. The Kier molecular flexibility index (Phi) is 2.53. The Bertz CT molecular complexity index is 821. The normalized spacial score (nSPS) is 60.6. The molecule has 8 aliphatic carbocycles. The summed E-state index contributed by atoms with van der Waals surface area (Å²) in [4.78, 5) is 52.8. The molecular weight excluding hydrogens is 360 g/mol. The highest BCUT2D eigenvalue weighted by atomic mass is 16.5. The zero-order valence-corrected chi connectivity index (χ0v) is 16.1. The molecule has 0 aromatic rings. The Hall–Kier alpha value is -1.72. The van der Waals surface area contributed by atoms with Gasteiger partial charge in [-0.05, 0) is 60.2 Å². The van der Waals surface area contributed by atoms with Crippen molar-refractivity contribution in [2.75, 3.05) is 14.2 Å². The predicted molar refractivity (Wildman–Crippen MR) is 92.3 cm³/mol. The molecule has 148 valence electrons.